The van der Waals surface area contributed by atoms with Gasteiger partial charge >= 0.3 is 12.3 Å². The Hall–Kier alpha value is -1.51. The van der Waals surface area contributed by atoms with Crippen LogP contribution in [0.15, 0.2) is 0 Å². The fourth-order valence-corrected chi connectivity index (χ4v) is 2.32. The van der Waals surface area contributed by atoms with Gasteiger partial charge in [0.2, 0.25) is 5.91 Å². The van der Waals surface area contributed by atoms with Gasteiger partial charge in [-0.1, -0.05) is 0 Å². The van der Waals surface area contributed by atoms with Gasteiger partial charge in [0.25, 0.3) is 0 Å². The number of hydrogen-bond donors (Lipinski definition) is 3. The lowest BCUT2D eigenvalue weighted by molar-refractivity contribution is -0.213. The molecule has 3 N–H and O–H groups in total. The van der Waals surface area contributed by atoms with Crippen molar-refractivity contribution in [1.29, 1.82) is 0 Å². The van der Waals surface area contributed by atoms with Crippen LogP contribution in [0.3, 0.4) is 0 Å². The minimum absolute atomic E-state index is 0.314. The number of piperidine rings is 1. The van der Waals surface area contributed by atoms with Gasteiger partial charge in [0, 0.05) is 12.5 Å². The van der Waals surface area contributed by atoms with E-state index in [1.165, 1.54) is 0 Å². The number of ether oxygens (including phenoxy) is 1. The third kappa shape index (κ3) is 6.64. The van der Waals surface area contributed by atoms with Crippen molar-refractivity contribution in [3.05, 3.63) is 0 Å². The minimum atomic E-state index is -4.91. The number of rotatable bonds is 4. The molecular weight excluding hydrogens is 317 g/mol. The fraction of sp³-hybridized carbons (Fsp3) is 0.857. The molecule has 1 unspecified atom stereocenters. The number of halogens is 3. The van der Waals surface area contributed by atoms with Crippen LogP contribution in [0.4, 0.5) is 18.0 Å². The summed E-state index contributed by atoms with van der Waals surface area (Å²) < 4.78 is 43.3. The lowest BCUT2D eigenvalue weighted by atomic mass is 9.89. The largest absolute Gasteiger partial charge is 0.444 e. The lowest BCUT2D eigenvalue weighted by Crippen LogP contribution is -2.53. The van der Waals surface area contributed by atoms with E-state index in [0.717, 1.165) is 0 Å². The molecule has 2 amide bonds. The molecule has 0 aromatic carbocycles. The zero-order chi connectivity index (χ0) is 17.8. The molecule has 1 aliphatic rings. The Morgan fingerprint density at radius 2 is 2.04 bits per heavy atom. The van der Waals surface area contributed by atoms with Crippen molar-refractivity contribution in [1.82, 2.24) is 10.6 Å². The summed E-state index contributed by atoms with van der Waals surface area (Å²) in [5.41, 5.74) is -0.889. The molecule has 1 heterocycles. The maximum absolute atomic E-state index is 12.8. The molecular formula is C14H23F3N2O4. The standard InChI is InChI=1S/C14H23F3N2O4/c1-13(2,3)23-12(22)19-9(10(20)14(15,16)17)7-8-5-4-6-18-11(8)21/h8-10,20H,4-7H2,1-3H3,(H,18,21)(H,19,22)/t8-,9-,10?/m0/s1. The first-order valence-electron chi connectivity index (χ1n) is 7.42. The van der Waals surface area contributed by atoms with Crippen molar-refractivity contribution in [2.24, 2.45) is 5.92 Å². The second kappa shape index (κ2) is 7.37. The molecule has 0 saturated carbocycles. The van der Waals surface area contributed by atoms with Crippen LogP contribution < -0.4 is 10.6 Å². The topological polar surface area (TPSA) is 87.7 Å². The van der Waals surface area contributed by atoms with E-state index in [9.17, 15) is 27.9 Å². The van der Waals surface area contributed by atoms with Gasteiger partial charge < -0.3 is 20.5 Å². The van der Waals surface area contributed by atoms with Crippen LogP contribution in [-0.2, 0) is 9.53 Å². The minimum Gasteiger partial charge on any atom is -0.444 e. The van der Waals surface area contributed by atoms with Crippen molar-refractivity contribution in [2.45, 2.75) is 64.0 Å². The van der Waals surface area contributed by atoms with Crippen LogP contribution >= 0.6 is 0 Å². The van der Waals surface area contributed by atoms with E-state index in [-0.39, 0.29) is 12.3 Å². The highest BCUT2D eigenvalue weighted by Gasteiger charge is 2.45. The highest BCUT2D eigenvalue weighted by atomic mass is 19.4. The van der Waals surface area contributed by atoms with Crippen molar-refractivity contribution in [2.75, 3.05) is 6.54 Å². The van der Waals surface area contributed by atoms with E-state index in [1.807, 2.05) is 5.32 Å². The maximum atomic E-state index is 12.8. The molecule has 9 heteroatoms. The van der Waals surface area contributed by atoms with Gasteiger partial charge in [-0.25, -0.2) is 4.79 Å². The highest BCUT2D eigenvalue weighted by molar-refractivity contribution is 5.79. The first-order valence-corrected chi connectivity index (χ1v) is 7.42. The van der Waals surface area contributed by atoms with Crippen LogP contribution in [0.25, 0.3) is 0 Å². The number of aliphatic hydroxyl groups is 1. The van der Waals surface area contributed by atoms with Gasteiger partial charge in [0.05, 0.1) is 6.04 Å². The zero-order valence-corrected chi connectivity index (χ0v) is 13.4. The van der Waals surface area contributed by atoms with Crippen molar-refractivity contribution < 1.29 is 32.6 Å². The first-order chi connectivity index (χ1) is 10.4. The van der Waals surface area contributed by atoms with Crippen LogP contribution in [0.2, 0.25) is 0 Å². The average molecular weight is 340 g/mol. The van der Waals surface area contributed by atoms with Crippen LogP contribution in [0, 0.1) is 5.92 Å². The van der Waals surface area contributed by atoms with E-state index < -0.39 is 35.9 Å². The Balaban J connectivity index is 2.80. The summed E-state index contributed by atoms with van der Waals surface area (Å²) in [5, 5.41) is 14.1. The summed E-state index contributed by atoms with van der Waals surface area (Å²) in [6.45, 7) is 5.17. The molecule has 1 saturated heterocycles. The Labute approximate surface area is 132 Å². The number of amides is 2. The van der Waals surface area contributed by atoms with E-state index in [4.69, 9.17) is 4.74 Å². The number of carbonyl (C=O) groups excluding carboxylic acids is 2. The summed E-state index contributed by atoms with van der Waals surface area (Å²) >= 11 is 0. The number of hydrogen-bond acceptors (Lipinski definition) is 4. The molecule has 1 fully saturated rings. The zero-order valence-electron chi connectivity index (χ0n) is 13.4. The van der Waals surface area contributed by atoms with Gasteiger partial charge in [0.1, 0.15) is 5.60 Å². The second-order valence-electron chi connectivity index (χ2n) is 6.61. The van der Waals surface area contributed by atoms with E-state index in [0.29, 0.717) is 19.4 Å². The van der Waals surface area contributed by atoms with Gasteiger partial charge in [-0.3, -0.25) is 4.79 Å². The Morgan fingerprint density at radius 3 is 2.52 bits per heavy atom. The van der Waals surface area contributed by atoms with Gasteiger partial charge in [-0.15, -0.1) is 0 Å². The normalized spacial score (nSPS) is 22.0. The molecule has 0 aliphatic carbocycles. The molecule has 0 radical (unpaired) electrons. The Morgan fingerprint density at radius 1 is 1.43 bits per heavy atom. The molecule has 0 aromatic heterocycles. The average Bonchev–Trinajstić information content (AvgIpc) is 2.36. The quantitative estimate of drug-likeness (QED) is 0.727. The smallest absolute Gasteiger partial charge is 0.416 e. The van der Waals surface area contributed by atoms with Crippen LogP contribution in [0.1, 0.15) is 40.0 Å². The van der Waals surface area contributed by atoms with Crippen molar-refractivity contribution >= 4 is 12.0 Å². The molecule has 1 aliphatic heterocycles. The number of nitrogens with one attached hydrogen (secondary N) is 2. The van der Waals surface area contributed by atoms with Gasteiger partial charge in [-0.2, -0.15) is 13.2 Å². The lowest BCUT2D eigenvalue weighted by Gasteiger charge is -2.31. The number of aliphatic hydroxyl groups excluding tert-OH is 1. The SMILES string of the molecule is CC(C)(C)OC(=O)N[C@@H](C[C@@H]1CCCNC1=O)C(O)C(F)(F)F. The highest BCUT2D eigenvalue weighted by Crippen LogP contribution is 2.27. The summed E-state index contributed by atoms with van der Waals surface area (Å²) in [6.07, 6.45) is -8.02. The van der Waals surface area contributed by atoms with Crippen molar-refractivity contribution in [3.8, 4) is 0 Å². The molecule has 6 nitrogen and oxygen atoms in total. The molecule has 0 spiro atoms. The van der Waals surface area contributed by atoms with Crippen molar-refractivity contribution in [3.63, 3.8) is 0 Å². The first kappa shape index (κ1) is 19.5. The van der Waals surface area contributed by atoms with Crippen LogP contribution in [-0.4, -0.2) is 47.6 Å². The van der Waals surface area contributed by atoms with E-state index in [1.54, 1.807) is 20.8 Å². The summed E-state index contributed by atoms with van der Waals surface area (Å²) in [6, 6.07) is -1.65. The summed E-state index contributed by atoms with van der Waals surface area (Å²) in [4.78, 5) is 23.4. The predicted molar refractivity (Wildman–Crippen MR) is 75.6 cm³/mol. The molecule has 134 valence electrons. The van der Waals surface area contributed by atoms with E-state index >= 15 is 0 Å². The van der Waals surface area contributed by atoms with Crippen LogP contribution in [0.5, 0.6) is 0 Å². The predicted octanol–water partition coefficient (Wildman–Crippen LogP) is 1.72. The third-order valence-electron chi connectivity index (χ3n) is 3.36. The molecule has 0 bridgehead atoms. The fourth-order valence-electron chi connectivity index (χ4n) is 2.32. The van der Waals surface area contributed by atoms with Gasteiger partial charge in [0.15, 0.2) is 6.10 Å². The third-order valence-corrected chi connectivity index (χ3v) is 3.36. The monoisotopic (exact) mass is 340 g/mol. The molecule has 1 rings (SSSR count). The van der Waals surface area contributed by atoms with E-state index in [2.05, 4.69) is 5.32 Å². The molecule has 3 atom stereocenters. The number of carbonyl (C=O) groups is 2. The van der Waals surface area contributed by atoms with Gasteiger partial charge in [-0.05, 0) is 40.0 Å². The summed E-state index contributed by atoms with van der Waals surface area (Å²) in [5.74, 6) is -1.07. The molecule has 0 aromatic rings. The second-order valence-corrected chi connectivity index (χ2v) is 6.61. The Bertz CT molecular complexity index is 435. The summed E-state index contributed by atoms with van der Waals surface area (Å²) in [7, 11) is 0. The number of alkyl halides is 3. The number of alkyl carbamates (subject to hydrolysis) is 1. The maximum Gasteiger partial charge on any atom is 0.416 e. The molecule has 23 heavy (non-hydrogen) atoms. The Kier molecular flexibility index (Phi) is 6.26.